The molecule has 0 saturated carbocycles. The van der Waals surface area contributed by atoms with E-state index in [2.05, 4.69) is 21.6 Å². The Bertz CT molecular complexity index is 952. The summed E-state index contributed by atoms with van der Waals surface area (Å²) in [6.07, 6.45) is 7.47. The molecule has 0 aliphatic carbocycles. The molecule has 156 valence electrons. The molecule has 1 unspecified atom stereocenters. The Hall–Kier alpha value is -3.49. The summed E-state index contributed by atoms with van der Waals surface area (Å²) >= 11 is 0. The Kier molecular flexibility index (Phi) is 5.60. The first-order valence-electron chi connectivity index (χ1n) is 10.1. The van der Waals surface area contributed by atoms with Crippen molar-refractivity contribution in [2.24, 2.45) is 15.7 Å². The molecule has 1 aromatic heterocycles. The monoisotopic (exact) mass is 407 g/mol. The van der Waals surface area contributed by atoms with Gasteiger partial charge < -0.3 is 20.4 Å². The zero-order chi connectivity index (χ0) is 21.1. The van der Waals surface area contributed by atoms with Gasteiger partial charge in [0, 0.05) is 44.5 Å². The number of nitrogens with zero attached hydrogens (tertiary/aromatic N) is 6. The molecule has 0 spiro atoms. The fourth-order valence-corrected chi connectivity index (χ4v) is 4.14. The van der Waals surface area contributed by atoms with Crippen LogP contribution in [0.4, 0.5) is 5.82 Å². The van der Waals surface area contributed by atoms with Crippen LogP contribution in [-0.2, 0) is 9.59 Å². The Morgan fingerprint density at radius 1 is 1.33 bits per heavy atom. The maximum absolute atomic E-state index is 12.2. The molecule has 1 atom stereocenters. The lowest BCUT2D eigenvalue weighted by Gasteiger charge is -2.44. The van der Waals surface area contributed by atoms with Crippen molar-refractivity contribution in [1.82, 2.24) is 14.8 Å². The minimum atomic E-state index is -0.594. The standard InChI is InChI=1S/C21H25N7O2/c1-23-12-18(26-9-8-24-17(14-26)21(22)30)16-5-3-6-19(25-16)27-10-11-28-15(13-27)4-2-7-20(28)29/h3,5-6,8,12,14-15H,1-2,4,7,9-11,13H2,(H2,22,30)/b18-12-. The molecule has 4 heterocycles. The van der Waals surface area contributed by atoms with Crippen LogP contribution in [0.15, 0.2) is 46.3 Å². The number of amides is 2. The number of hydrogen-bond donors (Lipinski definition) is 1. The number of aromatic nitrogens is 1. The Balaban J connectivity index is 1.58. The number of piperidine rings is 1. The number of piperazine rings is 1. The lowest BCUT2D eigenvalue weighted by Crippen LogP contribution is -2.57. The van der Waals surface area contributed by atoms with Crippen LogP contribution in [0.2, 0.25) is 0 Å². The van der Waals surface area contributed by atoms with Crippen molar-refractivity contribution in [1.29, 1.82) is 0 Å². The molecule has 2 fully saturated rings. The van der Waals surface area contributed by atoms with E-state index in [0.29, 0.717) is 24.4 Å². The van der Waals surface area contributed by atoms with Crippen LogP contribution in [0.25, 0.3) is 5.70 Å². The quantitative estimate of drug-likeness (QED) is 0.733. The Morgan fingerprint density at radius 3 is 3.00 bits per heavy atom. The van der Waals surface area contributed by atoms with Crippen LogP contribution in [-0.4, -0.2) is 71.8 Å². The molecule has 0 bridgehead atoms. The van der Waals surface area contributed by atoms with Crippen LogP contribution in [0.1, 0.15) is 25.0 Å². The van der Waals surface area contributed by atoms with Gasteiger partial charge in [0.15, 0.2) is 0 Å². The minimum Gasteiger partial charge on any atom is -0.364 e. The van der Waals surface area contributed by atoms with Crippen molar-refractivity contribution < 1.29 is 9.59 Å². The highest BCUT2D eigenvalue weighted by Crippen LogP contribution is 2.27. The normalized spacial score (nSPS) is 21.9. The largest absolute Gasteiger partial charge is 0.364 e. The van der Waals surface area contributed by atoms with Gasteiger partial charge in [-0.1, -0.05) is 6.07 Å². The first-order chi connectivity index (χ1) is 14.6. The number of fused-ring (bicyclic) bond motifs is 1. The van der Waals surface area contributed by atoms with Crippen molar-refractivity contribution >= 4 is 36.3 Å². The number of aliphatic imine (C=N–C) groups is 2. The maximum atomic E-state index is 12.2. The van der Waals surface area contributed by atoms with E-state index in [9.17, 15) is 9.59 Å². The predicted molar refractivity (Wildman–Crippen MR) is 116 cm³/mol. The van der Waals surface area contributed by atoms with E-state index < -0.39 is 5.91 Å². The van der Waals surface area contributed by atoms with Gasteiger partial charge in [-0.3, -0.25) is 19.6 Å². The van der Waals surface area contributed by atoms with Gasteiger partial charge in [-0.25, -0.2) is 4.98 Å². The lowest BCUT2D eigenvalue weighted by molar-refractivity contribution is -0.136. The molecule has 3 aliphatic rings. The molecular formula is C21H25N7O2. The van der Waals surface area contributed by atoms with Crippen LogP contribution in [0, 0.1) is 0 Å². The smallest absolute Gasteiger partial charge is 0.268 e. The molecule has 2 amide bonds. The highest BCUT2D eigenvalue weighted by Gasteiger charge is 2.33. The van der Waals surface area contributed by atoms with Gasteiger partial charge in [0.1, 0.15) is 11.5 Å². The van der Waals surface area contributed by atoms with Gasteiger partial charge in [-0.05, 0) is 31.7 Å². The van der Waals surface area contributed by atoms with Crippen LogP contribution >= 0.6 is 0 Å². The van der Waals surface area contributed by atoms with Gasteiger partial charge >= 0.3 is 0 Å². The van der Waals surface area contributed by atoms with E-state index in [0.717, 1.165) is 38.3 Å². The van der Waals surface area contributed by atoms with Crippen LogP contribution < -0.4 is 10.6 Å². The number of rotatable bonds is 5. The Labute approximate surface area is 175 Å². The third-order valence-electron chi connectivity index (χ3n) is 5.61. The van der Waals surface area contributed by atoms with E-state index in [1.807, 2.05) is 28.0 Å². The number of primary amides is 1. The van der Waals surface area contributed by atoms with Gasteiger partial charge in [0.2, 0.25) is 5.91 Å². The van der Waals surface area contributed by atoms with Crippen molar-refractivity contribution in [3.8, 4) is 0 Å². The van der Waals surface area contributed by atoms with Gasteiger partial charge in [0.05, 0.1) is 24.1 Å². The van der Waals surface area contributed by atoms with Crippen LogP contribution in [0.5, 0.6) is 0 Å². The summed E-state index contributed by atoms with van der Waals surface area (Å²) in [5.74, 6) is 0.520. The van der Waals surface area contributed by atoms with Crippen LogP contribution in [0.3, 0.4) is 0 Å². The third kappa shape index (κ3) is 3.96. The van der Waals surface area contributed by atoms with E-state index in [1.165, 1.54) is 0 Å². The summed E-state index contributed by atoms with van der Waals surface area (Å²) in [7, 11) is 0. The fourth-order valence-electron chi connectivity index (χ4n) is 4.14. The number of nitrogens with two attached hydrogens (primary N) is 1. The summed E-state index contributed by atoms with van der Waals surface area (Å²) in [5, 5.41) is 0. The first kappa shape index (κ1) is 19.8. The van der Waals surface area contributed by atoms with Gasteiger partial charge in [-0.15, -0.1) is 0 Å². The van der Waals surface area contributed by atoms with Gasteiger partial charge in [-0.2, -0.15) is 0 Å². The number of carbonyl (C=O) groups excluding carboxylic acids is 2. The van der Waals surface area contributed by atoms with E-state index >= 15 is 0 Å². The maximum Gasteiger partial charge on any atom is 0.268 e. The molecule has 4 rings (SSSR count). The predicted octanol–water partition coefficient (Wildman–Crippen LogP) is 0.995. The number of hydrogen-bond acceptors (Lipinski definition) is 7. The minimum absolute atomic E-state index is 0.172. The summed E-state index contributed by atoms with van der Waals surface area (Å²) in [6.45, 7) is 6.28. The van der Waals surface area contributed by atoms with E-state index in [-0.39, 0.29) is 17.6 Å². The Morgan fingerprint density at radius 2 is 2.20 bits per heavy atom. The number of carbonyl (C=O) groups is 2. The summed E-state index contributed by atoms with van der Waals surface area (Å²) < 4.78 is 0. The highest BCUT2D eigenvalue weighted by molar-refractivity contribution is 5.94. The average Bonchev–Trinajstić information content (AvgIpc) is 2.77. The topological polar surface area (TPSA) is 107 Å². The summed E-state index contributed by atoms with van der Waals surface area (Å²) in [5.41, 5.74) is 6.95. The molecule has 2 saturated heterocycles. The zero-order valence-corrected chi connectivity index (χ0v) is 16.8. The molecule has 3 aliphatic heterocycles. The average molecular weight is 407 g/mol. The van der Waals surface area contributed by atoms with Crippen molar-refractivity contribution in [3.63, 3.8) is 0 Å². The van der Waals surface area contributed by atoms with Gasteiger partial charge in [0.25, 0.3) is 5.91 Å². The van der Waals surface area contributed by atoms with E-state index in [4.69, 9.17) is 10.7 Å². The first-order valence-corrected chi connectivity index (χ1v) is 10.1. The lowest BCUT2D eigenvalue weighted by atomic mass is 9.99. The number of pyridine rings is 1. The third-order valence-corrected chi connectivity index (χ3v) is 5.61. The molecule has 0 radical (unpaired) electrons. The van der Waals surface area contributed by atoms with Crippen molar-refractivity contribution in [3.05, 3.63) is 42.0 Å². The molecule has 9 heteroatoms. The molecule has 1 aromatic rings. The molecule has 0 aromatic carbocycles. The molecule has 2 N–H and O–H groups in total. The van der Waals surface area contributed by atoms with Crippen molar-refractivity contribution in [2.75, 3.05) is 31.1 Å². The van der Waals surface area contributed by atoms with E-state index in [1.54, 1.807) is 18.6 Å². The summed E-state index contributed by atoms with van der Waals surface area (Å²) in [4.78, 5) is 42.5. The van der Waals surface area contributed by atoms with Crippen molar-refractivity contribution in [2.45, 2.75) is 25.3 Å². The fraction of sp³-hybridized carbons (Fsp3) is 0.381. The molecule has 30 heavy (non-hydrogen) atoms. The number of anilines is 1. The molecule has 9 nitrogen and oxygen atoms in total. The second-order valence-corrected chi connectivity index (χ2v) is 7.50. The molecular weight excluding hydrogens is 382 g/mol. The zero-order valence-electron chi connectivity index (χ0n) is 16.8. The SMILES string of the molecule is C=N/C=C(/c1cccc(N2CCN3C(=O)CCCC3C2)n1)N1C=C(C(N)=O)N=CC1. The summed E-state index contributed by atoms with van der Waals surface area (Å²) in [6, 6.07) is 6.06. The second-order valence-electron chi connectivity index (χ2n) is 7.50. The highest BCUT2D eigenvalue weighted by atomic mass is 16.2. The second kappa shape index (κ2) is 8.48.